The quantitative estimate of drug-likeness (QED) is 0.542. The molecule has 4 aromatic rings. The van der Waals surface area contributed by atoms with Crippen LogP contribution in [0.15, 0.2) is 53.6 Å². The van der Waals surface area contributed by atoms with E-state index in [9.17, 15) is 4.79 Å². The molecule has 0 radical (unpaired) electrons. The van der Waals surface area contributed by atoms with Crippen LogP contribution >= 0.6 is 0 Å². The third-order valence-electron chi connectivity index (χ3n) is 5.66. The highest BCUT2D eigenvalue weighted by Gasteiger charge is 2.17. The van der Waals surface area contributed by atoms with Crippen molar-refractivity contribution in [3.8, 4) is 22.7 Å². The van der Waals surface area contributed by atoms with Crippen LogP contribution in [0, 0.1) is 0 Å². The number of nitrogens with one attached hydrogen (secondary N) is 1. The Morgan fingerprint density at radius 1 is 1.06 bits per heavy atom. The van der Waals surface area contributed by atoms with Gasteiger partial charge in [-0.1, -0.05) is 12.1 Å². The summed E-state index contributed by atoms with van der Waals surface area (Å²) in [6, 6.07) is 11.5. The number of aromatic amines is 1. The molecular formula is C22H23N7O2. The fourth-order valence-corrected chi connectivity index (χ4v) is 3.86. The molecule has 0 atom stereocenters. The van der Waals surface area contributed by atoms with E-state index >= 15 is 0 Å². The van der Waals surface area contributed by atoms with Gasteiger partial charge in [0.2, 0.25) is 0 Å². The number of anilines is 1. The highest BCUT2D eigenvalue weighted by molar-refractivity contribution is 5.89. The predicted molar refractivity (Wildman–Crippen MR) is 119 cm³/mol. The molecule has 1 aliphatic rings. The second-order valence-corrected chi connectivity index (χ2v) is 7.61. The van der Waals surface area contributed by atoms with E-state index in [0.717, 1.165) is 31.7 Å². The molecule has 0 bridgehead atoms. The van der Waals surface area contributed by atoms with Crippen LogP contribution in [0.5, 0.6) is 5.75 Å². The van der Waals surface area contributed by atoms with Crippen LogP contribution in [0.1, 0.15) is 0 Å². The summed E-state index contributed by atoms with van der Waals surface area (Å²) in [5.41, 5.74) is 4.20. The average molecular weight is 417 g/mol. The van der Waals surface area contributed by atoms with Gasteiger partial charge in [-0.3, -0.25) is 14.9 Å². The molecule has 1 N–H and O–H groups in total. The van der Waals surface area contributed by atoms with Crippen molar-refractivity contribution in [2.75, 3.05) is 45.2 Å². The topological polar surface area (TPSA) is 92.2 Å². The first-order valence-electron chi connectivity index (χ1n) is 10.1. The lowest BCUT2D eigenvalue weighted by Crippen LogP contribution is -2.44. The minimum atomic E-state index is -0.292. The molecule has 3 aromatic heterocycles. The molecule has 0 saturated carbocycles. The van der Waals surface area contributed by atoms with Crippen molar-refractivity contribution in [3.05, 3.63) is 59.1 Å². The zero-order valence-corrected chi connectivity index (χ0v) is 17.4. The number of piperazine rings is 1. The molecule has 0 unspecified atom stereocenters. The molecule has 1 aromatic carbocycles. The van der Waals surface area contributed by atoms with E-state index in [-0.39, 0.29) is 5.56 Å². The van der Waals surface area contributed by atoms with Crippen molar-refractivity contribution in [2.45, 2.75) is 0 Å². The fraction of sp³-hybridized carbons (Fsp3) is 0.273. The molecule has 0 spiro atoms. The predicted octanol–water partition coefficient (Wildman–Crippen LogP) is 1.93. The lowest BCUT2D eigenvalue weighted by molar-refractivity contribution is 0.313. The van der Waals surface area contributed by atoms with Crippen LogP contribution in [0.4, 0.5) is 5.69 Å². The number of methoxy groups -OCH3 is 1. The maximum absolute atomic E-state index is 12.7. The standard InChI is InChI=1S/C22H23N7O2/c1-27-9-11-28(12-10-27)16-5-3-15(4-6-16)21-22-17(24-25-21)13-20(30)29(26-22)18-14-23-8-7-19(18)31-2/h3-8,13-14,24H,9-12H2,1-2H3. The Hall–Kier alpha value is -3.72. The fourth-order valence-electron chi connectivity index (χ4n) is 3.86. The molecule has 0 amide bonds. The Bertz CT molecular complexity index is 1270. The Morgan fingerprint density at radius 2 is 1.84 bits per heavy atom. The summed E-state index contributed by atoms with van der Waals surface area (Å²) in [6.45, 7) is 4.15. The molecule has 9 heteroatoms. The summed E-state index contributed by atoms with van der Waals surface area (Å²) in [6.07, 6.45) is 3.17. The van der Waals surface area contributed by atoms with Gasteiger partial charge in [0.05, 0.1) is 18.8 Å². The Morgan fingerprint density at radius 3 is 2.58 bits per heavy atom. The largest absolute Gasteiger partial charge is 0.494 e. The van der Waals surface area contributed by atoms with Gasteiger partial charge in [0, 0.05) is 55.8 Å². The van der Waals surface area contributed by atoms with E-state index in [1.54, 1.807) is 25.6 Å². The number of rotatable bonds is 4. The molecule has 0 aliphatic carbocycles. The van der Waals surface area contributed by atoms with E-state index in [0.29, 0.717) is 28.2 Å². The number of ether oxygens (including phenoxy) is 1. The van der Waals surface area contributed by atoms with Crippen molar-refractivity contribution in [2.24, 2.45) is 0 Å². The summed E-state index contributed by atoms with van der Waals surface area (Å²) in [5.74, 6) is 0.519. The zero-order chi connectivity index (χ0) is 21.4. The summed E-state index contributed by atoms with van der Waals surface area (Å²) in [5, 5.41) is 11.9. The van der Waals surface area contributed by atoms with Crippen LogP contribution in [-0.2, 0) is 0 Å². The number of hydrogen-bond donors (Lipinski definition) is 1. The van der Waals surface area contributed by atoms with Crippen molar-refractivity contribution in [1.29, 1.82) is 0 Å². The smallest absolute Gasteiger partial charge is 0.273 e. The first-order valence-corrected chi connectivity index (χ1v) is 10.1. The van der Waals surface area contributed by atoms with Gasteiger partial charge in [0.1, 0.15) is 22.6 Å². The number of fused-ring (bicyclic) bond motifs is 1. The number of hydrogen-bond acceptors (Lipinski definition) is 7. The molecule has 158 valence electrons. The van der Waals surface area contributed by atoms with Crippen LogP contribution in [0.2, 0.25) is 0 Å². The average Bonchev–Trinajstić information content (AvgIpc) is 3.21. The van der Waals surface area contributed by atoms with Crippen molar-refractivity contribution < 1.29 is 4.74 Å². The number of pyridine rings is 1. The van der Waals surface area contributed by atoms with Crippen LogP contribution in [0.25, 0.3) is 28.0 Å². The Labute approximate surface area is 178 Å². The lowest BCUT2D eigenvalue weighted by atomic mass is 10.1. The second-order valence-electron chi connectivity index (χ2n) is 7.61. The lowest BCUT2D eigenvalue weighted by Gasteiger charge is -2.34. The van der Waals surface area contributed by atoms with Crippen LogP contribution in [0.3, 0.4) is 0 Å². The monoisotopic (exact) mass is 417 g/mol. The summed E-state index contributed by atoms with van der Waals surface area (Å²) in [4.78, 5) is 21.5. The number of aromatic nitrogens is 5. The molecule has 1 saturated heterocycles. The van der Waals surface area contributed by atoms with Crippen molar-refractivity contribution >= 4 is 16.7 Å². The SMILES string of the molecule is COc1ccncc1-n1nc2c(-c3ccc(N4CCN(C)CC4)cc3)n[nH]c2cc1=O. The number of H-pyrrole nitrogens is 1. The van der Waals surface area contributed by atoms with E-state index < -0.39 is 0 Å². The zero-order valence-electron chi connectivity index (χ0n) is 17.4. The minimum absolute atomic E-state index is 0.292. The first-order chi connectivity index (χ1) is 15.1. The Kier molecular flexibility index (Phi) is 4.87. The van der Waals surface area contributed by atoms with Gasteiger partial charge in [-0.25, -0.2) is 0 Å². The van der Waals surface area contributed by atoms with Crippen LogP contribution in [-0.4, -0.2) is 70.2 Å². The molecule has 9 nitrogen and oxygen atoms in total. The summed E-state index contributed by atoms with van der Waals surface area (Å²) < 4.78 is 6.67. The minimum Gasteiger partial charge on any atom is -0.494 e. The van der Waals surface area contributed by atoms with Gasteiger partial charge in [0.25, 0.3) is 5.56 Å². The summed E-state index contributed by atoms with van der Waals surface area (Å²) in [7, 11) is 3.70. The molecule has 4 heterocycles. The summed E-state index contributed by atoms with van der Waals surface area (Å²) >= 11 is 0. The van der Waals surface area contributed by atoms with Crippen molar-refractivity contribution in [1.82, 2.24) is 29.9 Å². The molecular weight excluding hydrogens is 394 g/mol. The van der Waals surface area contributed by atoms with E-state index in [2.05, 4.69) is 49.3 Å². The maximum Gasteiger partial charge on any atom is 0.273 e. The highest BCUT2D eigenvalue weighted by atomic mass is 16.5. The van der Waals surface area contributed by atoms with Gasteiger partial charge < -0.3 is 14.5 Å². The van der Waals surface area contributed by atoms with E-state index in [1.165, 1.54) is 16.4 Å². The molecule has 31 heavy (non-hydrogen) atoms. The van der Waals surface area contributed by atoms with Gasteiger partial charge in [-0.2, -0.15) is 14.9 Å². The van der Waals surface area contributed by atoms with Crippen molar-refractivity contribution in [3.63, 3.8) is 0 Å². The first kappa shape index (κ1) is 19.3. The van der Waals surface area contributed by atoms with Gasteiger partial charge >= 0.3 is 0 Å². The maximum atomic E-state index is 12.7. The van der Waals surface area contributed by atoms with Crippen LogP contribution < -0.4 is 15.2 Å². The molecule has 5 rings (SSSR count). The number of benzene rings is 1. The molecule has 1 aliphatic heterocycles. The van der Waals surface area contributed by atoms with Gasteiger partial charge in [-0.05, 0) is 19.2 Å². The number of nitrogens with zero attached hydrogens (tertiary/aromatic N) is 6. The van der Waals surface area contributed by atoms with Gasteiger partial charge in [-0.15, -0.1) is 0 Å². The second kappa shape index (κ2) is 7.84. The third kappa shape index (κ3) is 3.53. The van der Waals surface area contributed by atoms with Gasteiger partial charge in [0.15, 0.2) is 0 Å². The van der Waals surface area contributed by atoms with E-state index in [1.807, 2.05) is 12.1 Å². The molecule has 1 fully saturated rings. The highest BCUT2D eigenvalue weighted by Crippen LogP contribution is 2.27. The normalized spacial score (nSPS) is 14.8. The van der Waals surface area contributed by atoms with E-state index in [4.69, 9.17) is 4.74 Å². The number of likely N-dealkylation sites (N-methyl/N-ethyl adjacent to an activating group) is 1. The third-order valence-corrected chi connectivity index (χ3v) is 5.66. The Balaban J connectivity index is 1.53.